The Morgan fingerprint density at radius 3 is 1.63 bits per heavy atom. The summed E-state index contributed by atoms with van der Waals surface area (Å²) in [6, 6.07) is 33.7. The predicted molar refractivity (Wildman–Crippen MR) is 227 cm³/mol. The molecule has 0 spiro atoms. The summed E-state index contributed by atoms with van der Waals surface area (Å²) in [7, 11) is 0. The third-order valence-corrected chi connectivity index (χ3v) is 10.4. The average Bonchev–Trinajstić information content (AvgIpc) is 3.28. The zero-order valence-corrected chi connectivity index (χ0v) is 33.2. The van der Waals surface area contributed by atoms with Crippen molar-refractivity contribution in [1.82, 2.24) is 21.3 Å². The number of hydrogen-bond acceptors (Lipinski definition) is 9. The van der Waals surface area contributed by atoms with Crippen LogP contribution in [0.2, 0.25) is 0 Å². The topological polar surface area (TPSA) is 247 Å². The van der Waals surface area contributed by atoms with Gasteiger partial charge in [-0.3, -0.25) is 24.0 Å². The molecular formula is C47H44N6O9. The van der Waals surface area contributed by atoms with Crippen molar-refractivity contribution in [3.8, 4) is 17.2 Å². The monoisotopic (exact) mass is 836 g/mol. The third-order valence-electron chi connectivity index (χ3n) is 10.4. The Hall–Kier alpha value is -7.67. The normalized spacial score (nSPS) is 21.5. The molecule has 15 nitrogen and oxygen atoms in total. The number of nitriles is 1. The van der Waals surface area contributed by atoms with Crippen LogP contribution in [0.4, 0.5) is 5.69 Å². The van der Waals surface area contributed by atoms with Gasteiger partial charge in [0.2, 0.25) is 17.7 Å². The maximum atomic E-state index is 14.5. The second-order valence-electron chi connectivity index (χ2n) is 14.8. The Morgan fingerprint density at radius 2 is 1.03 bits per heavy atom. The van der Waals surface area contributed by atoms with Gasteiger partial charge in [-0.1, -0.05) is 115 Å². The molecule has 5 amide bonds. The van der Waals surface area contributed by atoms with E-state index in [1.54, 1.807) is 60.7 Å². The minimum absolute atomic E-state index is 0.0601. The van der Waals surface area contributed by atoms with E-state index in [1.807, 2.05) is 48.5 Å². The molecule has 0 aromatic heterocycles. The van der Waals surface area contributed by atoms with Crippen LogP contribution in [-0.4, -0.2) is 87.2 Å². The second-order valence-corrected chi connectivity index (χ2v) is 14.8. The van der Waals surface area contributed by atoms with E-state index in [9.17, 15) is 49.3 Å². The van der Waals surface area contributed by atoms with Crippen molar-refractivity contribution in [3.05, 3.63) is 161 Å². The third kappa shape index (κ3) is 11.5. The van der Waals surface area contributed by atoms with Crippen molar-refractivity contribution in [2.24, 2.45) is 0 Å². The lowest BCUT2D eigenvalue weighted by Gasteiger charge is -2.27. The number of nitrogens with one attached hydrogen (secondary N) is 5. The highest BCUT2D eigenvalue weighted by atomic mass is 16.4. The molecule has 316 valence electrons. The summed E-state index contributed by atoms with van der Waals surface area (Å²) in [5, 5.41) is 54.3. The van der Waals surface area contributed by atoms with Gasteiger partial charge in [0.15, 0.2) is 12.2 Å². The standard InChI is InChI=1S/C47H44N6O9/c48-27-34-14-8-7-13-33(34)26-38-44(58)51-37(24-29-15-19-32(20-16-29)31-11-5-2-6-12-31)42(56)50-36(23-28-9-3-1-4-10-28)43(57)53-39(47(61)62)25-30-17-21-35(22-18-30)49-45(59)40(54)41(55)46(60)52-38/h1-22,36-41,54-55H,23-26H2,(H,49,59)(H,50,56)(H,51,58)(H,52,60)(H,53,57)(H,61,62)/t36-,37+,38-,39+,40-,41-/m1/s1. The minimum atomic E-state index is -2.38. The van der Waals surface area contributed by atoms with E-state index in [4.69, 9.17) is 0 Å². The lowest BCUT2D eigenvalue weighted by atomic mass is 9.97. The summed E-state index contributed by atoms with van der Waals surface area (Å²) < 4.78 is 0. The van der Waals surface area contributed by atoms with E-state index in [2.05, 4.69) is 26.6 Å². The number of aliphatic hydroxyl groups is 2. The van der Waals surface area contributed by atoms with Crippen LogP contribution in [0.15, 0.2) is 133 Å². The minimum Gasteiger partial charge on any atom is -0.480 e. The van der Waals surface area contributed by atoms with Crippen molar-refractivity contribution < 1.29 is 44.1 Å². The van der Waals surface area contributed by atoms with Crippen LogP contribution in [0, 0.1) is 11.3 Å². The Bertz CT molecular complexity index is 2440. The SMILES string of the molecule is N#Cc1ccccc1C[C@H]1NC(=O)[C@H](O)[C@@H](O)C(=O)Nc2ccc(cc2)C[C@@H](C(=O)O)NC(=O)[C@@H](Cc2ccccc2)NC(=O)[C@H](Cc2ccc(-c3ccccc3)cc2)NC1=O. The molecule has 0 saturated heterocycles. The highest BCUT2D eigenvalue weighted by molar-refractivity contribution is 6.00. The molecule has 0 radical (unpaired) electrons. The number of carboxylic acids is 1. The van der Waals surface area contributed by atoms with Gasteiger partial charge in [0, 0.05) is 31.4 Å². The fraction of sp³-hybridized carbons (Fsp3) is 0.213. The van der Waals surface area contributed by atoms with Crippen molar-refractivity contribution in [1.29, 1.82) is 5.26 Å². The van der Waals surface area contributed by atoms with Gasteiger partial charge in [0.25, 0.3) is 11.8 Å². The van der Waals surface area contributed by atoms with E-state index >= 15 is 0 Å². The van der Waals surface area contributed by atoms with E-state index < -0.39 is 71.9 Å². The molecule has 15 heteroatoms. The molecule has 6 atom stereocenters. The van der Waals surface area contributed by atoms with Gasteiger partial charge in [0.1, 0.15) is 24.2 Å². The zero-order chi connectivity index (χ0) is 44.2. The van der Waals surface area contributed by atoms with Crippen LogP contribution in [0.25, 0.3) is 11.1 Å². The molecule has 7 rings (SSSR count). The molecule has 2 aliphatic heterocycles. The number of benzene rings is 5. The summed E-state index contributed by atoms with van der Waals surface area (Å²) in [5.41, 5.74) is 4.12. The Kier molecular flexibility index (Phi) is 14.5. The van der Waals surface area contributed by atoms with Crippen LogP contribution in [0.3, 0.4) is 0 Å². The lowest BCUT2D eigenvalue weighted by Crippen LogP contribution is -2.60. The van der Waals surface area contributed by atoms with Crippen molar-refractivity contribution in [3.63, 3.8) is 0 Å². The summed E-state index contributed by atoms with van der Waals surface area (Å²) in [6.45, 7) is 0. The molecule has 5 aromatic carbocycles. The smallest absolute Gasteiger partial charge is 0.326 e. The molecule has 0 fully saturated rings. The van der Waals surface area contributed by atoms with Gasteiger partial charge in [-0.25, -0.2) is 4.79 Å². The lowest BCUT2D eigenvalue weighted by molar-refractivity contribution is -0.145. The molecular weight excluding hydrogens is 793 g/mol. The molecule has 62 heavy (non-hydrogen) atoms. The first-order valence-corrected chi connectivity index (χ1v) is 19.7. The fourth-order valence-electron chi connectivity index (χ4n) is 6.94. The van der Waals surface area contributed by atoms with Crippen LogP contribution in [0.5, 0.6) is 0 Å². The van der Waals surface area contributed by atoms with Gasteiger partial charge >= 0.3 is 5.97 Å². The maximum Gasteiger partial charge on any atom is 0.326 e. The Morgan fingerprint density at radius 1 is 0.548 bits per heavy atom. The Labute approximate surface area is 356 Å². The number of carbonyl (C=O) groups excluding carboxylic acids is 5. The first kappa shape index (κ1) is 43.9. The summed E-state index contributed by atoms with van der Waals surface area (Å²) >= 11 is 0. The first-order valence-electron chi connectivity index (χ1n) is 19.7. The van der Waals surface area contributed by atoms with Gasteiger partial charge in [0.05, 0.1) is 11.6 Å². The van der Waals surface area contributed by atoms with Crippen LogP contribution in [0.1, 0.15) is 27.8 Å². The molecule has 2 heterocycles. The van der Waals surface area contributed by atoms with E-state index in [-0.39, 0.29) is 36.9 Å². The number of aliphatic hydroxyl groups excluding tert-OH is 2. The number of rotatable bonds is 8. The summed E-state index contributed by atoms with van der Waals surface area (Å²) in [6.07, 6.45) is -5.40. The highest BCUT2D eigenvalue weighted by Gasteiger charge is 2.36. The quantitative estimate of drug-likeness (QED) is 0.106. The molecule has 5 aromatic rings. The number of anilines is 1. The number of amides is 5. The first-order chi connectivity index (χ1) is 29.9. The van der Waals surface area contributed by atoms with Crippen molar-refractivity contribution in [2.75, 3.05) is 5.32 Å². The Balaban J connectivity index is 1.40. The number of fused-ring (bicyclic) bond motifs is 18. The molecule has 2 bridgehead atoms. The maximum absolute atomic E-state index is 14.5. The van der Waals surface area contributed by atoms with Crippen LogP contribution >= 0.6 is 0 Å². The molecule has 0 saturated carbocycles. The number of carboxylic acid groups (broad SMARTS) is 1. The van der Waals surface area contributed by atoms with Gasteiger partial charge in [-0.15, -0.1) is 0 Å². The number of hydrogen-bond donors (Lipinski definition) is 8. The van der Waals surface area contributed by atoms with E-state index in [1.165, 1.54) is 30.3 Å². The van der Waals surface area contributed by atoms with Gasteiger partial charge in [-0.05, 0) is 51.6 Å². The largest absolute Gasteiger partial charge is 0.480 e. The number of carbonyl (C=O) groups is 6. The van der Waals surface area contributed by atoms with Gasteiger partial charge < -0.3 is 41.9 Å². The average molecular weight is 837 g/mol. The molecule has 0 unspecified atom stereocenters. The fourth-order valence-corrected chi connectivity index (χ4v) is 6.94. The molecule has 8 N–H and O–H groups in total. The van der Waals surface area contributed by atoms with Crippen molar-refractivity contribution in [2.45, 2.75) is 62.1 Å². The molecule has 2 aliphatic rings. The van der Waals surface area contributed by atoms with E-state index in [0.29, 0.717) is 22.3 Å². The predicted octanol–water partition coefficient (Wildman–Crippen LogP) is 2.19. The summed E-state index contributed by atoms with van der Waals surface area (Å²) in [5.74, 6) is -6.43. The number of nitrogens with zero attached hydrogens (tertiary/aromatic N) is 1. The van der Waals surface area contributed by atoms with Crippen molar-refractivity contribution >= 4 is 41.2 Å². The van der Waals surface area contributed by atoms with Crippen LogP contribution < -0.4 is 26.6 Å². The van der Waals surface area contributed by atoms with E-state index in [0.717, 1.165) is 11.1 Å². The van der Waals surface area contributed by atoms with Gasteiger partial charge in [-0.2, -0.15) is 5.26 Å². The number of aliphatic carboxylic acids is 1. The summed E-state index contributed by atoms with van der Waals surface area (Å²) in [4.78, 5) is 82.0. The molecule has 0 aliphatic carbocycles. The van der Waals surface area contributed by atoms with Crippen LogP contribution in [-0.2, 0) is 54.5 Å². The second kappa shape index (κ2) is 20.5. The zero-order valence-electron chi connectivity index (χ0n) is 33.2. The highest BCUT2D eigenvalue weighted by Crippen LogP contribution is 2.21.